The number of hydrogen-bond donors (Lipinski definition) is 3. The van der Waals surface area contributed by atoms with E-state index < -0.39 is 35.4 Å². The quantitative estimate of drug-likeness (QED) is 0.427. The average molecular weight is 478 g/mol. The summed E-state index contributed by atoms with van der Waals surface area (Å²) in [5.74, 6) is -0.359. The Hall–Kier alpha value is -3.68. The summed E-state index contributed by atoms with van der Waals surface area (Å²) < 4.78 is 5.20. The van der Waals surface area contributed by atoms with Crippen molar-refractivity contribution in [3.63, 3.8) is 0 Å². The SMILES string of the molecule is COc1ccc(C[C@H](NC(=O)[C@@H]2CC(=O)N2)C(=O)N[C@@H](Cc2ccccc2)C(=O)C2(C)CC2)cc1. The molecule has 3 N–H and O–H groups in total. The molecule has 1 aliphatic heterocycles. The second-order valence-corrected chi connectivity index (χ2v) is 9.61. The number of ketones is 1. The van der Waals surface area contributed by atoms with Crippen molar-refractivity contribution < 1.29 is 23.9 Å². The molecule has 35 heavy (non-hydrogen) atoms. The summed E-state index contributed by atoms with van der Waals surface area (Å²) in [5, 5.41) is 8.23. The standard InChI is InChI=1S/C27H31N3O5/c1-27(12-13-27)24(32)20(14-17-6-4-3-5-7-17)29-25(33)21(30-26(34)22-16-23(31)28-22)15-18-8-10-19(35-2)11-9-18/h3-11,20-22H,12-16H2,1-2H3,(H,28,31)(H,29,33)(H,30,34)/t20-,21-,22-/m0/s1. The number of amides is 3. The van der Waals surface area contributed by atoms with Gasteiger partial charge >= 0.3 is 0 Å². The van der Waals surface area contributed by atoms with Crippen molar-refractivity contribution in [2.45, 2.75) is 57.2 Å². The molecule has 1 saturated carbocycles. The molecule has 0 aromatic heterocycles. The number of carbonyl (C=O) groups excluding carboxylic acids is 4. The minimum absolute atomic E-state index is 0.00971. The van der Waals surface area contributed by atoms with Gasteiger partial charge in [0.1, 0.15) is 17.8 Å². The number of carbonyl (C=O) groups is 4. The van der Waals surface area contributed by atoms with Gasteiger partial charge in [-0.3, -0.25) is 19.2 Å². The van der Waals surface area contributed by atoms with Gasteiger partial charge in [-0.2, -0.15) is 0 Å². The predicted molar refractivity (Wildman–Crippen MR) is 130 cm³/mol. The molecule has 8 heteroatoms. The first kappa shape index (κ1) is 24.4. The molecule has 2 fully saturated rings. The van der Waals surface area contributed by atoms with E-state index in [0.717, 1.165) is 24.0 Å². The van der Waals surface area contributed by atoms with Crippen LogP contribution in [0.1, 0.15) is 37.3 Å². The zero-order valence-corrected chi connectivity index (χ0v) is 20.0. The molecule has 184 valence electrons. The summed E-state index contributed by atoms with van der Waals surface area (Å²) in [6, 6.07) is 14.5. The van der Waals surface area contributed by atoms with Crippen molar-refractivity contribution in [2.75, 3.05) is 7.11 Å². The number of Topliss-reactive ketones (excluding diaryl/α,β-unsaturated/α-hetero) is 1. The Bertz CT molecular complexity index is 1090. The summed E-state index contributed by atoms with van der Waals surface area (Å²) in [5.41, 5.74) is 1.35. The summed E-state index contributed by atoms with van der Waals surface area (Å²) in [4.78, 5) is 50.7. The maximum atomic E-state index is 13.5. The van der Waals surface area contributed by atoms with Gasteiger partial charge in [-0.25, -0.2) is 0 Å². The van der Waals surface area contributed by atoms with E-state index in [-0.39, 0.29) is 24.5 Å². The molecule has 0 spiro atoms. The minimum atomic E-state index is -0.911. The van der Waals surface area contributed by atoms with Crippen LogP contribution in [-0.4, -0.2) is 48.7 Å². The second-order valence-electron chi connectivity index (χ2n) is 9.61. The van der Waals surface area contributed by atoms with Crippen LogP contribution >= 0.6 is 0 Å². The molecule has 3 atom stereocenters. The summed E-state index contributed by atoms with van der Waals surface area (Å²) in [6.45, 7) is 1.93. The maximum absolute atomic E-state index is 13.5. The third kappa shape index (κ3) is 6.07. The molecular weight excluding hydrogens is 446 g/mol. The molecule has 1 aliphatic carbocycles. The molecule has 3 amide bonds. The number of nitrogens with one attached hydrogen (secondary N) is 3. The number of β-lactam (4-membered cyclic amide) rings is 1. The van der Waals surface area contributed by atoms with Crippen molar-refractivity contribution in [3.05, 3.63) is 65.7 Å². The second kappa shape index (κ2) is 10.3. The van der Waals surface area contributed by atoms with Crippen molar-refractivity contribution in [1.82, 2.24) is 16.0 Å². The molecule has 0 radical (unpaired) electrons. The molecule has 2 aromatic carbocycles. The molecule has 2 aromatic rings. The van der Waals surface area contributed by atoms with Crippen molar-refractivity contribution in [3.8, 4) is 5.75 Å². The van der Waals surface area contributed by atoms with E-state index in [1.54, 1.807) is 19.2 Å². The summed E-state index contributed by atoms with van der Waals surface area (Å²) >= 11 is 0. The van der Waals surface area contributed by atoms with Crippen molar-refractivity contribution in [1.29, 1.82) is 0 Å². The monoisotopic (exact) mass is 477 g/mol. The van der Waals surface area contributed by atoms with Crippen molar-refractivity contribution >= 4 is 23.5 Å². The molecule has 2 aliphatic rings. The number of hydrogen-bond acceptors (Lipinski definition) is 5. The first-order valence-electron chi connectivity index (χ1n) is 11.9. The lowest BCUT2D eigenvalue weighted by Crippen LogP contribution is -2.61. The van der Waals surface area contributed by atoms with Gasteiger partial charge in [0, 0.05) is 11.8 Å². The van der Waals surface area contributed by atoms with Crippen LogP contribution in [0.4, 0.5) is 0 Å². The first-order chi connectivity index (χ1) is 16.8. The average Bonchev–Trinajstić information content (AvgIpc) is 3.60. The summed E-state index contributed by atoms with van der Waals surface area (Å²) in [7, 11) is 1.57. The van der Waals surface area contributed by atoms with Crippen LogP contribution in [-0.2, 0) is 32.0 Å². The van der Waals surface area contributed by atoms with Crippen LogP contribution in [0.3, 0.4) is 0 Å². The normalized spacial score (nSPS) is 19.4. The van der Waals surface area contributed by atoms with Gasteiger partial charge in [-0.1, -0.05) is 49.4 Å². The van der Waals surface area contributed by atoms with E-state index in [1.165, 1.54) is 0 Å². The van der Waals surface area contributed by atoms with E-state index in [0.29, 0.717) is 12.2 Å². The number of rotatable bonds is 11. The fourth-order valence-electron chi connectivity index (χ4n) is 4.18. The molecule has 1 saturated heterocycles. The zero-order valence-electron chi connectivity index (χ0n) is 20.0. The van der Waals surface area contributed by atoms with Crippen LogP contribution < -0.4 is 20.7 Å². The lowest BCUT2D eigenvalue weighted by Gasteiger charge is -2.29. The molecule has 1 heterocycles. The highest BCUT2D eigenvalue weighted by Gasteiger charge is 2.48. The minimum Gasteiger partial charge on any atom is -0.497 e. The third-order valence-electron chi connectivity index (χ3n) is 6.78. The molecule has 8 nitrogen and oxygen atoms in total. The Morgan fingerprint density at radius 3 is 2.14 bits per heavy atom. The fraction of sp³-hybridized carbons (Fsp3) is 0.407. The fourth-order valence-corrected chi connectivity index (χ4v) is 4.18. The molecule has 4 rings (SSSR count). The highest BCUT2D eigenvalue weighted by Crippen LogP contribution is 2.46. The van der Waals surface area contributed by atoms with E-state index in [1.807, 2.05) is 49.4 Å². The maximum Gasteiger partial charge on any atom is 0.243 e. The molecular formula is C27H31N3O5. The van der Waals surface area contributed by atoms with Crippen LogP contribution in [0.15, 0.2) is 54.6 Å². The van der Waals surface area contributed by atoms with Gasteiger partial charge < -0.3 is 20.7 Å². The molecule has 0 bridgehead atoms. The van der Waals surface area contributed by atoms with E-state index in [4.69, 9.17) is 4.74 Å². The van der Waals surface area contributed by atoms with Gasteiger partial charge in [0.25, 0.3) is 0 Å². The number of methoxy groups -OCH3 is 1. The van der Waals surface area contributed by atoms with Gasteiger partial charge in [-0.05, 0) is 42.5 Å². The number of ether oxygens (including phenoxy) is 1. The van der Waals surface area contributed by atoms with Crippen LogP contribution in [0.2, 0.25) is 0 Å². The van der Waals surface area contributed by atoms with E-state index in [9.17, 15) is 19.2 Å². The Morgan fingerprint density at radius 2 is 1.57 bits per heavy atom. The highest BCUT2D eigenvalue weighted by molar-refractivity contribution is 6.00. The molecule has 0 unspecified atom stereocenters. The Balaban J connectivity index is 1.52. The summed E-state index contributed by atoms with van der Waals surface area (Å²) in [6.07, 6.45) is 2.31. The zero-order chi connectivity index (χ0) is 25.0. The lowest BCUT2D eigenvalue weighted by molar-refractivity contribution is -0.139. The Labute approximate surface area is 204 Å². The van der Waals surface area contributed by atoms with Crippen LogP contribution in [0.25, 0.3) is 0 Å². The van der Waals surface area contributed by atoms with Crippen LogP contribution in [0.5, 0.6) is 5.75 Å². The lowest BCUT2D eigenvalue weighted by atomic mass is 9.92. The van der Waals surface area contributed by atoms with Gasteiger partial charge in [0.05, 0.1) is 19.6 Å². The topological polar surface area (TPSA) is 114 Å². The van der Waals surface area contributed by atoms with Crippen molar-refractivity contribution in [2.24, 2.45) is 5.41 Å². The largest absolute Gasteiger partial charge is 0.497 e. The highest BCUT2D eigenvalue weighted by atomic mass is 16.5. The van der Waals surface area contributed by atoms with Gasteiger partial charge in [0.15, 0.2) is 5.78 Å². The Kier molecular flexibility index (Phi) is 7.19. The Morgan fingerprint density at radius 1 is 0.971 bits per heavy atom. The third-order valence-corrected chi connectivity index (χ3v) is 6.78. The van der Waals surface area contributed by atoms with E-state index >= 15 is 0 Å². The van der Waals surface area contributed by atoms with E-state index in [2.05, 4.69) is 16.0 Å². The van der Waals surface area contributed by atoms with Gasteiger partial charge in [-0.15, -0.1) is 0 Å². The van der Waals surface area contributed by atoms with Crippen LogP contribution in [0, 0.1) is 5.41 Å². The smallest absolute Gasteiger partial charge is 0.243 e. The number of benzene rings is 2. The predicted octanol–water partition coefficient (Wildman–Crippen LogP) is 1.71. The van der Waals surface area contributed by atoms with Gasteiger partial charge in [0.2, 0.25) is 17.7 Å². The first-order valence-corrected chi connectivity index (χ1v) is 11.9.